The summed E-state index contributed by atoms with van der Waals surface area (Å²) in [6.07, 6.45) is 3.09. The summed E-state index contributed by atoms with van der Waals surface area (Å²) < 4.78 is 10.7. The fourth-order valence-electron chi connectivity index (χ4n) is 2.96. The Hall–Kier alpha value is -0.650. The van der Waals surface area contributed by atoms with Crippen molar-refractivity contribution in [3.05, 3.63) is 0 Å². The Morgan fingerprint density at radius 2 is 2.24 bits per heavy atom. The molecule has 1 aliphatic rings. The van der Waals surface area contributed by atoms with Gasteiger partial charge in [0.1, 0.15) is 5.54 Å². The number of esters is 1. The molecule has 5 nitrogen and oxygen atoms in total. The van der Waals surface area contributed by atoms with Crippen molar-refractivity contribution >= 4 is 5.97 Å². The molecule has 0 aromatic heterocycles. The molecule has 0 aromatic rings. The van der Waals surface area contributed by atoms with E-state index in [-0.39, 0.29) is 5.97 Å². The van der Waals surface area contributed by atoms with E-state index in [9.17, 15) is 4.79 Å². The van der Waals surface area contributed by atoms with Crippen molar-refractivity contribution in [2.24, 2.45) is 0 Å². The van der Waals surface area contributed by atoms with Crippen LogP contribution in [0, 0.1) is 0 Å². The molecule has 5 heteroatoms. The Morgan fingerprint density at radius 1 is 1.52 bits per heavy atom. The van der Waals surface area contributed by atoms with Crippen LogP contribution in [0.15, 0.2) is 0 Å². The number of nitrogens with zero attached hydrogens (tertiary/aromatic N) is 1. The summed E-state index contributed by atoms with van der Waals surface area (Å²) in [6.45, 7) is 11.9. The molecule has 0 radical (unpaired) electrons. The molecule has 1 fully saturated rings. The minimum Gasteiger partial charge on any atom is -0.468 e. The first-order chi connectivity index (χ1) is 9.96. The van der Waals surface area contributed by atoms with Crippen LogP contribution >= 0.6 is 0 Å². The lowest BCUT2D eigenvalue weighted by atomic mass is 9.92. The van der Waals surface area contributed by atoms with E-state index in [0.29, 0.717) is 12.1 Å². The highest BCUT2D eigenvalue weighted by atomic mass is 16.5. The van der Waals surface area contributed by atoms with Crippen molar-refractivity contribution < 1.29 is 14.3 Å². The van der Waals surface area contributed by atoms with Crippen LogP contribution < -0.4 is 5.32 Å². The first kappa shape index (κ1) is 18.4. The second-order valence-electron chi connectivity index (χ2n) is 6.20. The highest BCUT2D eigenvalue weighted by Crippen LogP contribution is 2.21. The van der Waals surface area contributed by atoms with E-state index >= 15 is 0 Å². The van der Waals surface area contributed by atoms with E-state index in [2.05, 4.69) is 31.0 Å². The molecule has 21 heavy (non-hydrogen) atoms. The van der Waals surface area contributed by atoms with Gasteiger partial charge in [-0.05, 0) is 39.7 Å². The van der Waals surface area contributed by atoms with Gasteiger partial charge in [-0.1, -0.05) is 13.8 Å². The molecule has 3 atom stereocenters. The van der Waals surface area contributed by atoms with Gasteiger partial charge in [0, 0.05) is 19.1 Å². The van der Waals surface area contributed by atoms with E-state index in [1.165, 1.54) is 7.11 Å². The van der Waals surface area contributed by atoms with Crippen LogP contribution in [-0.2, 0) is 14.3 Å². The van der Waals surface area contributed by atoms with Crippen LogP contribution in [0.2, 0.25) is 0 Å². The van der Waals surface area contributed by atoms with E-state index in [1.807, 2.05) is 6.92 Å². The Bertz CT molecular complexity index is 325. The average molecular weight is 300 g/mol. The molecule has 0 bridgehead atoms. The van der Waals surface area contributed by atoms with Crippen molar-refractivity contribution in [3.63, 3.8) is 0 Å². The summed E-state index contributed by atoms with van der Waals surface area (Å²) in [7, 11) is 1.46. The van der Waals surface area contributed by atoms with Crippen LogP contribution in [0.25, 0.3) is 0 Å². The Kier molecular flexibility index (Phi) is 7.63. The molecule has 3 unspecified atom stereocenters. The summed E-state index contributed by atoms with van der Waals surface area (Å²) >= 11 is 0. The maximum Gasteiger partial charge on any atom is 0.325 e. The number of carbonyl (C=O) groups is 1. The van der Waals surface area contributed by atoms with Gasteiger partial charge >= 0.3 is 5.97 Å². The van der Waals surface area contributed by atoms with Crippen LogP contribution in [0.3, 0.4) is 0 Å². The lowest BCUT2D eigenvalue weighted by molar-refractivity contribution is -0.149. The third-order valence-corrected chi connectivity index (χ3v) is 4.35. The SMILES string of the molecule is CCCNC(C)(CC(C)N1CCOC(CC)C1)C(=O)OC. The maximum absolute atomic E-state index is 12.2. The molecule has 0 aromatic carbocycles. The molecule has 1 N–H and O–H groups in total. The molecule has 124 valence electrons. The van der Waals surface area contributed by atoms with Gasteiger partial charge in [0.25, 0.3) is 0 Å². The van der Waals surface area contributed by atoms with Gasteiger partial charge in [0.05, 0.1) is 19.8 Å². The number of carbonyl (C=O) groups excluding carboxylic acids is 1. The van der Waals surface area contributed by atoms with Crippen molar-refractivity contribution in [2.45, 2.75) is 64.6 Å². The Labute approximate surface area is 129 Å². The fraction of sp³-hybridized carbons (Fsp3) is 0.938. The van der Waals surface area contributed by atoms with E-state index in [4.69, 9.17) is 9.47 Å². The molecule has 0 amide bonds. The number of hydrogen-bond donors (Lipinski definition) is 1. The monoisotopic (exact) mass is 300 g/mol. The number of morpholine rings is 1. The molecular formula is C16H32N2O3. The molecule has 1 heterocycles. The molecule has 0 aliphatic carbocycles. The van der Waals surface area contributed by atoms with Gasteiger partial charge in [-0.15, -0.1) is 0 Å². The van der Waals surface area contributed by atoms with Gasteiger partial charge in [-0.3, -0.25) is 9.69 Å². The summed E-state index contributed by atoms with van der Waals surface area (Å²) in [6, 6.07) is 0.316. The zero-order chi connectivity index (χ0) is 15.9. The topological polar surface area (TPSA) is 50.8 Å². The predicted molar refractivity (Wildman–Crippen MR) is 84.4 cm³/mol. The van der Waals surface area contributed by atoms with E-state index in [0.717, 1.165) is 45.5 Å². The number of ether oxygens (including phenoxy) is 2. The standard InChI is InChI=1S/C16H32N2O3/c1-6-8-17-16(4,15(19)20-5)11-13(3)18-9-10-21-14(7-2)12-18/h13-14,17H,6-12H2,1-5H3. The van der Waals surface area contributed by atoms with Gasteiger partial charge in [-0.2, -0.15) is 0 Å². The van der Waals surface area contributed by atoms with Crippen LogP contribution in [0.4, 0.5) is 0 Å². The molecular weight excluding hydrogens is 268 g/mol. The van der Waals surface area contributed by atoms with Crippen LogP contribution in [0.5, 0.6) is 0 Å². The highest BCUT2D eigenvalue weighted by Gasteiger charge is 2.37. The van der Waals surface area contributed by atoms with Crippen LogP contribution in [-0.4, -0.2) is 61.9 Å². The van der Waals surface area contributed by atoms with Crippen molar-refractivity contribution in [1.82, 2.24) is 10.2 Å². The third kappa shape index (κ3) is 5.24. The number of rotatable bonds is 8. The first-order valence-electron chi connectivity index (χ1n) is 8.15. The van der Waals surface area contributed by atoms with Gasteiger partial charge in [0.15, 0.2) is 0 Å². The van der Waals surface area contributed by atoms with Gasteiger partial charge in [0.2, 0.25) is 0 Å². The second-order valence-corrected chi connectivity index (χ2v) is 6.20. The van der Waals surface area contributed by atoms with Gasteiger partial charge in [-0.25, -0.2) is 0 Å². The lowest BCUT2D eigenvalue weighted by Crippen LogP contribution is -2.56. The Balaban J connectivity index is 2.66. The Morgan fingerprint density at radius 3 is 2.81 bits per heavy atom. The lowest BCUT2D eigenvalue weighted by Gasteiger charge is -2.40. The number of hydrogen-bond acceptors (Lipinski definition) is 5. The summed E-state index contributed by atoms with van der Waals surface area (Å²) in [4.78, 5) is 14.6. The quantitative estimate of drug-likeness (QED) is 0.693. The highest BCUT2D eigenvalue weighted by molar-refractivity contribution is 5.80. The minimum absolute atomic E-state index is 0.178. The molecule has 0 spiro atoms. The minimum atomic E-state index is -0.621. The third-order valence-electron chi connectivity index (χ3n) is 4.35. The first-order valence-corrected chi connectivity index (χ1v) is 8.15. The maximum atomic E-state index is 12.2. The summed E-state index contributed by atoms with van der Waals surface area (Å²) in [5.74, 6) is -0.178. The zero-order valence-corrected chi connectivity index (χ0v) is 14.3. The second kappa shape index (κ2) is 8.71. The summed E-state index contributed by atoms with van der Waals surface area (Å²) in [5, 5.41) is 3.36. The van der Waals surface area contributed by atoms with Gasteiger partial charge < -0.3 is 14.8 Å². The van der Waals surface area contributed by atoms with E-state index in [1.54, 1.807) is 0 Å². The predicted octanol–water partition coefficient (Wildman–Crippen LogP) is 1.81. The van der Waals surface area contributed by atoms with Crippen LogP contribution in [0.1, 0.15) is 47.0 Å². The van der Waals surface area contributed by atoms with E-state index < -0.39 is 5.54 Å². The smallest absolute Gasteiger partial charge is 0.325 e. The molecule has 1 saturated heterocycles. The van der Waals surface area contributed by atoms with Crippen molar-refractivity contribution in [2.75, 3.05) is 33.4 Å². The summed E-state index contributed by atoms with van der Waals surface area (Å²) in [5.41, 5.74) is -0.621. The van der Waals surface area contributed by atoms with Crippen molar-refractivity contribution in [3.8, 4) is 0 Å². The number of nitrogens with one attached hydrogen (secondary N) is 1. The molecule has 1 aliphatic heterocycles. The molecule has 1 rings (SSSR count). The normalized spacial score (nSPS) is 24.3. The fourth-order valence-corrected chi connectivity index (χ4v) is 2.96. The van der Waals surface area contributed by atoms with Crippen molar-refractivity contribution in [1.29, 1.82) is 0 Å². The molecule has 0 saturated carbocycles. The number of methoxy groups -OCH3 is 1. The average Bonchev–Trinajstić information content (AvgIpc) is 2.52. The largest absolute Gasteiger partial charge is 0.468 e. The zero-order valence-electron chi connectivity index (χ0n) is 14.3.